The van der Waals surface area contributed by atoms with Crippen molar-refractivity contribution in [1.29, 1.82) is 0 Å². The van der Waals surface area contributed by atoms with E-state index in [1.807, 2.05) is 30.3 Å². The minimum Gasteiger partial charge on any atom is -0.378 e. The maximum absolute atomic E-state index is 12.2. The van der Waals surface area contributed by atoms with Crippen LogP contribution in [0.5, 0.6) is 0 Å². The van der Waals surface area contributed by atoms with E-state index in [1.54, 1.807) is 12.3 Å². The highest BCUT2D eigenvalue weighted by Gasteiger charge is 2.13. The standard InChI is InChI=1S/C18H21N3O2/c1-2-14-3-5-15(6-4-14)20-18(22)17-8-7-16(13-19-17)21-9-11-23-12-10-21/h3-8,13H,2,9-12H2,1H3,(H,20,22). The molecule has 1 aliphatic rings. The van der Waals surface area contributed by atoms with Crippen molar-refractivity contribution in [3.8, 4) is 0 Å². The zero-order chi connectivity index (χ0) is 16.1. The fourth-order valence-corrected chi connectivity index (χ4v) is 2.55. The molecule has 1 N–H and O–H groups in total. The van der Waals surface area contributed by atoms with Gasteiger partial charge in [-0.3, -0.25) is 4.79 Å². The van der Waals surface area contributed by atoms with Crippen LogP contribution in [-0.4, -0.2) is 37.2 Å². The lowest BCUT2D eigenvalue weighted by atomic mass is 10.1. The van der Waals surface area contributed by atoms with Crippen LogP contribution in [0.1, 0.15) is 23.0 Å². The normalized spacial score (nSPS) is 14.6. The van der Waals surface area contributed by atoms with Gasteiger partial charge < -0.3 is 15.0 Å². The Morgan fingerprint density at radius 3 is 2.52 bits per heavy atom. The van der Waals surface area contributed by atoms with Crippen LogP contribution < -0.4 is 10.2 Å². The van der Waals surface area contributed by atoms with Crippen molar-refractivity contribution in [1.82, 2.24) is 4.98 Å². The molecule has 5 heteroatoms. The lowest BCUT2D eigenvalue weighted by Crippen LogP contribution is -2.36. The molecule has 1 fully saturated rings. The summed E-state index contributed by atoms with van der Waals surface area (Å²) in [6.07, 6.45) is 2.74. The molecule has 1 aromatic heterocycles. The molecule has 0 radical (unpaired) electrons. The first-order chi connectivity index (χ1) is 11.3. The lowest BCUT2D eigenvalue weighted by molar-refractivity contribution is 0.102. The van der Waals surface area contributed by atoms with E-state index in [0.717, 1.165) is 44.1 Å². The van der Waals surface area contributed by atoms with E-state index in [0.29, 0.717) is 5.69 Å². The molecule has 23 heavy (non-hydrogen) atoms. The summed E-state index contributed by atoms with van der Waals surface area (Å²) in [7, 11) is 0. The van der Waals surface area contributed by atoms with Crippen molar-refractivity contribution in [2.24, 2.45) is 0 Å². The smallest absolute Gasteiger partial charge is 0.274 e. The summed E-state index contributed by atoms with van der Waals surface area (Å²) in [4.78, 5) is 18.7. The van der Waals surface area contributed by atoms with E-state index >= 15 is 0 Å². The molecule has 1 saturated heterocycles. The highest BCUT2D eigenvalue weighted by molar-refractivity contribution is 6.02. The van der Waals surface area contributed by atoms with Crippen LogP contribution in [0.25, 0.3) is 0 Å². The second-order valence-electron chi connectivity index (χ2n) is 5.51. The van der Waals surface area contributed by atoms with Gasteiger partial charge in [0.05, 0.1) is 25.1 Å². The highest BCUT2D eigenvalue weighted by Crippen LogP contribution is 2.16. The number of morpholine rings is 1. The molecule has 2 aromatic rings. The molecule has 5 nitrogen and oxygen atoms in total. The van der Waals surface area contributed by atoms with Gasteiger partial charge in [0.2, 0.25) is 0 Å². The molecule has 1 amide bonds. The second-order valence-corrected chi connectivity index (χ2v) is 5.51. The third-order valence-electron chi connectivity index (χ3n) is 3.98. The molecular weight excluding hydrogens is 290 g/mol. The molecule has 2 heterocycles. The maximum Gasteiger partial charge on any atom is 0.274 e. The Labute approximate surface area is 136 Å². The molecule has 3 rings (SSSR count). The maximum atomic E-state index is 12.2. The summed E-state index contributed by atoms with van der Waals surface area (Å²) >= 11 is 0. The van der Waals surface area contributed by atoms with E-state index in [9.17, 15) is 4.79 Å². The first kappa shape index (κ1) is 15.5. The number of nitrogens with zero attached hydrogens (tertiary/aromatic N) is 2. The fraction of sp³-hybridized carbons (Fsp3) is 0.333. The molecule has 0 saturated carbocycles. The van der Waals surface area contributed by atoms with Gasteiger partial charge in [-0.2, -0.15) is 0 Å². The molecule has 1 aliphatic heterocycles. The van der Waals surface area contributed by atoms with Gasteiger partial charge >= 0.3 is 0 Å². The summed E-state index contributed by atoms with van der Waals surface area (Å²) in [5.41, 5.74) is 3.47. The van der Waals surface area contributed by atoms with E-state index in [4.69, 9.17) is 4.74 Å². The number of aryl methyl sites for hydroxylation is 1. The Hall–Kier alpha value is -2.40. The van der Waals surface area contributed by atoms with Gasteiger partial charge in [-0.25, -0.2) is 4.98 Å². The number of pyridine rings is 1. The molecule has 0 atom stereocenters. The van der Waals surface area contributed by atoms with Crippen molar-refractivity contribution < 1.29 is 9.53 Å². The van der Waals surface area contributed by atoms with E-state index in [1.165, 1.54) is 5.56 Å². The summed E-state index contributed by atoms with van der Waals surface area (Å²) in [6.45, 7) is 5.29. The Morgan fingerprint density at radius 2 is 1.91 bits per heavy atom. The largest absolute Gasteiger partial charge is 0.378 e. The van der Waals surface area contributed by atoms with Crippen molar-refractivity contribution in [3.63, 3.8) is 0 Å². The highest BCUT2D eigenvalue weighted by atomic mass is 16.5. The summed E-state index contributed by atoms with van der Waals surface area (Å²) in [6, 6.07) is 11.6. The number of carbonyl (C=O) groups excluding carboxylic acids is 1. The molecule has 0 aliphatic carbocycles. The average molecular weight is 311 g/mol. The third kappa shape index (κ3) is 3.87. The topological polar surface area (TPSA) is 54.5 Å². The monoisotopic (exact) mass is 311 g/mol. The minimum absolute atomic E-state index is 0.192. The van der Waals surface area contributed by atoms with Crippen LogP contribution in [0.4, 0.5) is 11.4 Å². The van der Waals surface area contributed by atoms with Crippen molar-refractivity contribution >= 4 is 17.3 Å². The van der Waals surface area contributed by atoms with Gasteiger partial charge in [0.25, 0.3) is 5.91 Å². The van der Waals surface area contributed by atoms with Crippen LogP contribution in [-0.2, 0) is 11.2 Å². The Morgan fingerprint density at radius 1 is 1.17 bits per heavy atom. The lowest BCUT2D eigenvalue weighted by Gasteiger charge is -2.28. The molecule has 0 bridgehead atoms. The minimum atomic E-state index is -0.192. The quantitative estimate of drug-likeness (QED) is 0.943. The van der Waals surface area contributed by atoms with Crippen LogP contribution in [0.3, 0.4) is 0 Å². The van der Waals surface area contributed by atoms with Gasteiger partial charge in [-0.1, -0.05) is 19.1 Å². The van der Waals surface area contributed by atoms with Crippen molar-refractivity contribution in [2.75, 3.05) is 36.5 Å². The SMILES string of the molecule is CCc1ccc(NC(=O)c2ccc(N3CCOCC3)cn2)cc1. The Bertz CT molecular complexity index is 647. The molecule has 120 valence electrons. The molecule has 0 unspecified atom stereocenters. The molecule has 1 aromatic carbocycles. The Balaban J connectivity index is 1.64. The van der Waals surface area contributed by atoms with Gasteiger partial charge in [-0.15, -0.1) is 0 Å². The van der Waals surface area contributed by atoms with Crippen molar-refractivity contribution in [2.45, 2.75) is 13.3 Å². The fourth-order valence-electron chi connectivity index (χ4n) is 2.55. The van der Waals surface area contributed by atoms with E-state index in [-0.39, 0.29) is 5.91 Å². The number of hydrogen-bond acceptors (Lipinski definition) is 4. The van der Waals surface area contributed by atoms with E-state index < -0.39 is 0 Å². The summed E-state index contributed by atoms with van der Waals surface area (Å²) in [5, 5.41) is 2.87. The van der Waals surface area contributed by atoms with Gasteiger partial charge in [0, 0.05) is 18.8 Å². The number of amides is 1. The zero-order valence-electron chi connectivity index (χ0n) is 13.3. The summed E-state index contributed by atoms with van der Waals surface area (Å²) < 4.78 is 5.34. The van der Waals surface area contributed by atoms with Gasteiger partial charge in [0.1, 0.15) is 5.69 Å². The molecular formula is C18H21N3O2. The Kier molecular flexibility index (Phi) is 4.88. The summed E-state index contributed by atoms with van der Waals surface area (Å²) in [5.74, 6) is -0.192. The molecule has 0 spiro atoms. The number of hydrogen-bond donors (Lipinski definition) is 1. The zero-order valence-corrected chi connectivity index (χ0v) is 13.3. The van der Waals surface area contributed by atoms with Crippen LogP contribution in [0.2, 0.25) is 0 Å². The van der Waals surface area contributed by atoms with Crippen LogP contribution >= 0.6 is 0 Å². The number of ether oxygens (including phenoxy) is 1. The average Bonchev–Trinajstić information content (AvgIpc) is 2.63. The number of nitrogens with one attached hydrogen (secondary N) is 1. The third-order valence-corrected chi connectivity index (χ3v) is 3.98. The number of benzene rings is 1. The second kappa shape index (κ2) is 7.24. The van der Waals surface area contributed by atoms with Crippen LogP contribution in [0, 0.1) is 0 Å². The predicted octanol–water partition coefficient (Wildman–Crippen LogP) is 2.73. The number of anilines is 2. The van der Waals surface area contributed by atoms with Crippen molar-refractivity contribution in [3.05, 3.63) is 53.9 Å². The van der Waals surface area contributed by atoms with Gasteiger partial charge in [0.15, 0.2) is 0 Å². The van der Waals surface area contributed by atoms with Crippen LogP contribution in [0.15, 0.2) is 42.6 Å². The van der Waals surface area contributed by atoms with Gasteiger partial charge in [-0.05, 0) is 36.2 Å². The number of carbonyl (C=O) groups is 1. The predicted molar refractivity (Wildman–Crippen MR) is 91.0 cm³/mol. The van der Waals surface area contributed by atoms with E-state index in [2.05, 4.69) is 22.1 Å². The number of rotatable bonds is 4. The first-order valence-corrected chi connectivity index (χ1v) is 7.95. The number of aromatic nitrogens is 1. The first-order valence-electron chi connectivity index (χ1n) is 7.95.